The highest BCUT2D eigenvalue weighted by molar-refractivity contribution is 8.19. The molecule has 0 aliphatic rings. The van der Waals surface area contributed by atoms with Gasteiger partial charge in [0.15, 0.2) is 5.78 Å². The Morgan fingerprint density at radius 2 is 1.21 bits per heavy atom. The standard InChI is InChI=1S/C11H22OS2/c1-8(12)9(13-10(2,3)4)14-11(5,6)7/h9H,1-7H3. The van der Waals surface area contributed by atoms with Crippen LogP contribution in [0.5, 0.6) is 0 Å². The molecule has 84 valence electrons. The van der Waals surface area contributed by atoms with Crippen molar-refractivity contribution >= 4 is 29.3 Å². The largest absolute Gasteiger partial charge is 0.298 e. The summed E-state index contributed by atoms with van der Waals surface area (Å²) in [6.07, 6.45) is 0. The van der Waals surface area contributed by atoms with Gasteiger partial charge in [0.05, 0.1) is 0 Å². The molecule has 0 aliphatic carbocycles. The smallest absolute Gasteiger partial charge is 0.152 e. The van der Waals surface area contributed by atoms with Gasteiger partial charge in [-0.2, -0.15) is 0 Å². The summed E-state index contributed by atoms with van der Waals surface area (Å²) in [5.41, 5.74) is 0. The van der Waals surface area contributed by atoms with Crippen molar-refractivity contribution in [3.63, 3.8) is 0 Å². The maximum absolute atomic E-state index is 11.5. The van der Waals surface area contributed by atoms with Crippen LogP contribution in [0.25, 0.3) is 0 Å². The number of rotatable bonds is 3. The van der Waals surface area contributed by atoms with E-state index in [1.54, 1.807) is 30.4 Å². The zero-order chi connectivity index (χ0) is 11.6. The lowest BCUT2D eigenvalue weighted by atomic mass is 10.3. The minimum Gasteiger partial charge on any atom is -0.298 e. The number of carbonyl (C=O) groups excluding carboxylic acids is 1. The molecule has 0 saturated heterocycles. The Balaban J connectivity index is 4.40. The van der Waals surface area contributed by atoms with Crippen molar-refractivity contribution in [2.75, 3.05) is 0 Å². The number of carbonyl (C=O) groups is 1. The maximum Gasteiger partial charge on any atom is 0.152 e. The molecule has 0 N–H and O–H groups in total. The predicted octanol–water partition coefficient (Wildman–Crippen LogP) is 3.96. The Bertz CT molecular complexity index is 182. The summed E-state index contributed by atoms with van der Waals surface area (Å²) in [7, 11) is 0. The van der Waals surface area contributed by atoms with Crippen molar-refractivity contribution in [1.29, 1.82) is 0 Å². The van der Waals surface area contributed by atoms with E-state index >= 15 is 0 Å². The van der Waals surface area contributed by atoms with Gasteiger partial charge in [0.25, 0.3) is 0 Å². The molecule has 1 nitrogen and oxygen atoms in total. The van der Waals surface area contributed by atoms with Gasteiger partial charge in [-0.3, -0.25) is 4.79 Å². The summed E-state index contributed by atoms with van der Waals surface area (Å²) in [6.45, 7) is 14.6. The Labute approximate surface area is 96.8 Å². The summed E-state index contributed by atoms with van der Waals surface area (Å²) < 4.78 is 0.360. The minimum atomic E-state index is 0.0648. The normalized spacial score (nSPS) is 13.4. The van der Waals surface area contributed by atoms with Crippen molar-refractivity contribution in [2.45, 2.75) is 62.5 Å². The van der Waals surface area contributed by atoms with Crippen molar-refractivity contribution < 1.29 is 4.79 Å². The zero-order valence-corrected chi connectivity index (χ0v) is 11.9. The highest BCUT2D eigenvalue weighted by atomic mass is 32.2. The van der Waals surface area contributed by atoms with Gasteiger partial charge in [0, 0.05) is 9.49 Å². The third-order valence-electron chi connectivity index (χ3n) is 1.25. The first kappa shape index (κ1) is 14.4. The second-order valence-corrected chi connectivity index (χ2v) is 9.57. The maximum atomic E-state index is 11.5. The first-order valence-electron chi connectivity index (χ1n) is 4.87. The zero-order valence-electron chi connectivity index (χ0n) is 10.3. The average Bonchev–Trinajstić information content (AvgIpc) is 1.78. The highest BCUT2D eigenvalue weighted by Crippen LogP contribution is 2.40. The molecule has 0 rings (SSSR count). The van der Waals surface area contributed by atoms with Gasteiger partial charge < -0.3 is 0 Å². The molecule has 0 spiro atoms. The third kappa shape index (κ3) is 7.74. The van der Waals surface area contributed by atoms with Crippen LogP contribution < -0.4 is 0 Å². The van der Waals surface area contributed by atoms with Gasteiger partial charge in [-0.25, -0.2) is 0 Å². The molecule has 0 aromatic rings. The molecule has 14 heavy (non-hydrogen) atoms. The Morgan fingerprint density at radius 3 is 1.36 bits per heavy atom. The molecule has 0 aromatic heterocycles. The lowest BCUT2D eigenvalue weighted by Crippen LogP contribution is -2.23. The minimum absolute atomic E-state index is 0.0648. The second kappa shape index (κ2) is 4.93. The van der Waals surface area contributed by atoms with Gasteiger partial charge in [-0.05, 0) is 6.92 Å². The quantitative estimate of drug-likeness (QED) is 0.688. The van der Waals surface area contributed by atoms with E-state index in [0.29, 0.717) is 0 Å². The molecule has 0 fully saturated rings. The van der Waals surface area contributed by atoms with E-state index in [4.69, 9.17) is 0 Å². The lowest BCUT2D eigenvalue weighted by molar-refractivity contribution is -0.115. The predicted molar refractivity (Wildman–Crippen MR) is 69.2 cm³/mol. The average molecular weight is 234 g/mol. The van der Waals surface area contributed by atoms with E-state index in [1.165, 1.54) is 0 Å². The van der Waals surface area contributed by atoms with Crippen LogP contribution in [-0.2, 0) is 4.79 Å². The van der Waals surface area contributed by atoms with Crippen molar-refractivity contribution in [3.8, 4) is 0 Å². The van der Waals surface area contributed by atoms with E-state index < -0.39 is 0 Å². The number of hydrogen-bond acceptors (Lipinski definition) is 3. The monoisotopic (exact) mass is 234 g/mol. The topological polar surface area (TPSA) is 17.1 Å². The fourth-order valence-corrected chi connectivity index (χ4v) is 4.37. The molecule has 0 atom stereocenters. The fraction of sp³-hybridized carbons (Fsp3) is 0.909. The van der Waals surface area contributed by atoms with Crippen molar-refractivity contribution in [3.05, 3.63) is 0 Å². The molecule has 0 unspecified atom stereocenters. The molecular formula is C11H22OS2. The summed E-state index contributed by atoms with van der Waals surface area (Å²) in [6, 6.07) is 0. The molecule has 0 radical (unpaired) electrons. The van der Waals surface area contributed by atoms with E-state index in [9.17, 15) is 4.79 Å². The van der Waals surface area contributed by atoms with Crippen LogP contribution in [0.2, 0.25) is 0 Å². The summed E-state index contributed by atoms with van der Waals surface area (Å²) in [4.78, 5) is 11.5. The van der Waals surface area contributed by atoms with Gasteiger partial charge in [0.2, 0.25) is 0 Å². The molecular weight excluding hydrogens is 212 g/mol. The molecule has 0 heterocycles. The second-order valence-electron chi connectivity index (χ2n) is 5.40. The van der Waals surface area contributed by atoms with Crippen molar-refractivity contribution in [2.24, 2.45) is 0 Å². The SMILES string of the molecule is CC(=O)C(SC(C)(C)C)SC(C)(C)C. The molecule has 0 bridgehead atoms. The van der Waals surface area contributed by atoms with Gasteiger partial charge in [-0.1, -0.05) is 41.5 Å². The first-order valence-corrected chi connectivity index (χ1v) is 6.63. The van der Waals surface area contributed by atoms with Crippen LogP contribution in [0.4, 0.5) is 0 Å². The molecule has 3 heteroatoms. The van der Waals surface area contributed by atoms with Crippen LogP contribution in [0.15, 0.2) is 0 Å². The van der Waals surface area contributed by atoms with E-state index in [2.05, 4.69) is 41.5 Å². The lowest BCUT2D eigenvalue weighted by Gasteiger charge is -2.28. The number of hydrogen-bond donors (Lipinski definition) is 0. The third-order valence-corrected chi connectivity index (χ3v) is 4.34. The summed E-state index contributed by atoms with van der Waals surface area (Å²) in [5.74, 6) is 0.268. The molecule has 0 saturated carbocycles. The number of thioether (sulfide) groups is 2. The molecule has 0 aromatic carbocycles. The molecule has 0 aliphatic heterocycles. The number of Topliss-reactive ketones (excluding diaryl/α,β-unsaturated/α-hetero) is 1. The Kier molecular flexibility index (Phi) is 5.06. The van der Waals surface area contributed by atoms with E-state index in [-0.39, 0.29) is 19.9 Å². The van der Waals surface area contributed by atoms with Gasteiger partial charge in [0.1, 0.15) is 4.58 Å². The Morgan fingerprint density at radius 1 is 0.929 bits per heavy atom. The van der Waals surface area contributed by atoms with E-state index in [0.717, 1.165) is 0 Å². The van der Waals surface area contributed by atoms with Crippen LogP contribution in [0, 0.1) is 0 Å². The summed E-state index contributed by atoms with van der Waals surface area (Å²) in [5, 5.41) is 0. The van der Waals surface area contributed by atoms with Gasteiger partial charge in [-0.15, -0.1) is 23.5 Å². The van der Waals surface area contributed by atoms with Crippen LogP contribution >= 0.6 is 23.5 Å². The highest BCUT2D eigenvalue weighted by Gasteiger charge is 2.27. The summed E-state index contributed by atoms with van der Waals surface area (Å²) >= 11 is 3.50. The van der Waals surface area contributed by atoms with Crippen molar-refractivity contribution in [1.82, 2.24) is 0 Å². The fourth-order valence-electron chi connectivity index (χ4n) is 0.832. The first-order chi connectivity index (χ1) is 6.01. The Hall–Kier alpha value is 0.370. The number of ketones is 1. The van der Waals surface area contributed by atoms with E-state index in [1.807, 2.05) is 0 Å². The van der Waals surface area contributed by atoms with Gasteiger partial charge >= 0.3 is 0 Å². The molecule has 0 amide bonds. The van der Waals surface area contributed by atoms with Crippen LogP contribution in [0.3, 0.4) is 0 Å². The van der Waals surface area contributed by atoms with Crippen LogP contribution in [0.1, 0.15) is 48.5 Å². The van der Waals surface area contributed by atoms with Crippen LogP contribution in [-0.4, -0.2) is 19.9 Å².